The molecule has 4 aromatic carbocycles. The minimum atomic E-state index is 0.368. The number of nitrogen functional groups attached to an aromatic ring is 2. The summed E-state index contributed by atoms with van der Waals surface area (Å²) in [6.07, 6.45) is 0. The first-order valence-corrected chi connectivity index (χ1v) is 24.0. The van der Waals surface area contributed by atoms with Gasteiger partial charge in [0.25, 0.3) is 0 Å². The molecule has 8 rings (SSSR count). The summed E-state index contributed by atoms with van der Waals surface area (Å²) < 4.78 is 78.9. The number of aryl methyl sites for hydroxylation is 2. The summed E-state index contributed by atoms with van der Waals surface area (Å²) in [5.74, 6) is 5.97. The monoisotopic (exact) mass is 979 g/mol. The van der Waals surface area contributed by atoms with Gasteiger partial charge in [-0.25, -0.2) is 0 Å². The zero-order valence-corrected chi connectivity index (χ0v) is 41.8. The minimum absolute atomic E-state index is 0.368. The fourth-order valence-electron chi connectivity index (χ4n) is 7.80. The van der Waals surface area contributed by atoms with Crippen LogP contribution in [0.4, 0.5) is 17.1 Å². The van der Waals surface area contributed by atoms with Crippen molar-refractivity contribution in [2.75, 3.05) is 156 Å². The lowest BCUT2D eigenvalue weighted by Crippen LogP contribution is -2.56. The molecular weight excluding hydrogens is 905 g/mol. The van der Waals surface area contributed by atoms with Crippen LogP contribution >= 0.6 is 0 Å². The Balaban J connectivity index is 0.000000216. The molecule has 18 nitrogen and oxygen atoms in total. The zero-order chi connectivity index (χ0) is 49.5. The molecule has 4 heterocycles. The summed E-state index contributed by atoms with van der Waals surface area (Å²) in [5, 5.41) is 0. The summed E-state index contributed by atoms with van der Waals surface area (Å²) in [6, 6.07) is 19.4. The standard InChI is InChI=1S/C29H40N2O6.C20H26N2O6.C3H8O2/c1-20-13-26-27(14-21(20)2)35-10-6-33-8-12-37-29-16-25-24(15-28(29)36-11-7-32-5-9-34-26)18-30-19-31(25)17-22(3)23(30)4;21-15-1-3-17-19(13-15)27-11-7-24-6-10-26-18-4-2-16(22)14-20(18)28-12-8-23-5-9-25-17;1-4-3-5-2/h13-16,22-23H,5-12,17-19H2,1-4H3;1-4,13-14H,5-12,21-22H2;3H2,1-2H3. The molecule has 18 heteroatoms. The lowest BCUT2D eigenvalue weighted by molar-refractivity contribution is -0.00272. The molecular formula is C52H74N4O14. The number of nitrogens with two attached hydrogens (primary N) is 2. The average Bonchev–Trinajstić information content (AvgIpc) is 3.34. The SMILES string of the molecule is COCOC.Cc1cc2c(cc1C)OCCOCCOc1cc3c(cc1OCCOCCO2)CN1CN3CC(C)C1C.Nc1ccc2c(c1)OCCOCCOc1ccc(N)cc1OCCOCCO2. The maximum atomic E-state index is 6.18. The van der Waals surface area contributed by atoms with Crippen LogP contribution in [0, 0.1) is 19.8 Å². The maximum Gasteiger partial charge on any atom is 0.163 e. The molecule has 386 valence electrons. The van der Waals surface area contributed by atoms with Gasteiger partial charge in [0.2, 0.25) is 0 Å². The highest BCUT2D eigenvalue weighted by atomic mass is 16.6. The lowest BCUT2D eigenvalue weighted by atomic mass is 9.94. The normalized spacial score (nSPS) is 20.4. The van der Waals surface area contributed by atoms with Crippen molar-refractivity contribution in [1.29, 1.82) is 0 Å². The predicted molar refractivity (Wildman–Crippen MR) is 267 cm³/mol. The minimum Gasteiger partial charge on any atom is -0.487 e. The van der Waals surface area contributed by atoms with Crippen LogP contribution in [-0.4, -0.2) is 151 Å². The molecule has 2 bridgehead atoms. The molecule has 1 fully saturated rings. The number of benzene rings is 4. The van der Waals surface area contributed by atoms with Crippen LogP contribution in [0.25, 0.3) is 0 Å². The van der Waals surface area contributed by atoms with Gasteiger partial charge in [-0.05, 0) is 85.8 Å². The van der Waals surface area contributed by atoms with E-state index >= 15 is 0 Å². The number of rotatable bonds is 2. The van der Waals surface area contributed by atoms with Gasteiger partial charge in [-0.2, -0.15) is 0 Å². The topological polar surface area (TPSA) is 188 Å². The molecule has 0 spiro atoms. The second kappa shape index (κ2) is 28.9. The molecule has 70 heavy (non-hydrogen) atoms. The molecule has 4 aliphatic heterocycles. The van der Waals surface area contributed by atoms with Crippen LogP contribution in [-0.2, 0) is 35.0 Å². The van der Waals surface area contributed by atoms with Gasteiger partial charge in [0.05, 0.1) is 59.5 Å². The van der Waals surface area contributed by atoms with E-state index < -0.39 is 0 Å². The van der Waals surface area contributed by atoms with Crippen molar-refractivity contribution >= 4 is 17.1 Å². The number of fused-ring (bicyclic) bond motifs is 8. The number of anilines is 3. The second-order valence-electron chi connectivity index (χ2n) is 17.0. The van der Waals surface area contributed by atoms with Crippen molar-refractivity contribution in [1.82, 2.24) is 4.90 Å². The van der Waals surface area contributed by atoms with Crippen molar-refractivity contribution < 1.29 is 66.3 Å². The van der Waals surface area contributed by atoms with Crippen molar-refractivity contribution in [2.24, 2.45) is 5.92 Å². The van der Waals surface area contributed by atoms with Gasteiger partial charge in [-0.1, -0.05) is 6.92 Å². The molecule has 3 unspecified atom stereocenters. The quantitative estimate of drug-likeness (QED) is 0.163. The summed E-state index contributed by atoms with van der Waals surface area (Å²) >= 11 is 0. The third kappa shape index (κ3) is 16.8. The Morgan fingerprint density at radius 3 is 1.21 bits per heavy atom. The van der Waals surface area contributed by atoms with Crippen molar-refractivity contribution in [2.45, 2.75) is 40.3 Å². The molecule has 0 aliphatic carbocycles. The Morgan fingerprint density at radius 2 is 0.829 bits per heavy atom. The fourth-order valence-corrected chi connectivity index (χ4v) is 7.80. The van der Waals surface area contributed by atoms with E-state index in [1.807, 2.05) is 12.1 Å². The van der Waals surface area contributed by atoms with Gasteiger partial charge in [0.1, 0.15) is 59.6 Å². The number of nitrogens with zero attached hydrogens (tertiary/aromatic N) is 2. The Kier molecular flexibility index (Phi) is 22.2. The average molecular weight is 979 g/mol. The van der Waals surface area contributed by atoms with Crippen LogP contribution in [0.1, 0.15) is 30.5 Å². The van der Waals surface area contributed by atoms with Crippen LogP contribution < -0.4 is 54.3 Å². The van der Waals surface area contributed by atoms with Gasteiger partial charge < -0.3 is 82.7 Å². The number of hydrogen-bond donors (Lipinski definition) is 2. The second-order valence-corrected chi connectivity index (χ2v) is 17.0. The van der Waals surface area contributed by atoms with E-state index in [0.717, 1.165) is 53.9 Å². The van der Waals surface area contributed by atoms with Crippen molar-refractivity contribution in [3.63, 3.8) is 0 Å². The largest absolute Gasteiger partial charge is 0.487 e. The smallest absolute Gasteiger partial charge is 0.163 e. The van der Waals surface area contributed by atoms with Gasteiger partial charge in [-0.15, -0.1) is 0 Å². The summed E-state index contributed by atoms with van der Waals surface area (Å²) in [7, 11) is 3.17. The van der Waals surface area contributed by atoms with Crippen molar-refractivity contribution in [3.8, 4) is 46.0 Å². The Hall–Kier alpha value is -5.60. The molecule has 3 atom stereocenters. The molecule has 4 aromatic rings. The molecule has 0 saturated carbocycles. The maximum absolute atomic E-state index is 6.18. The Morgan fingerprint density at radius 1 is 0.471 bits per heavy atom. The third-order valence-corrected chi connectivity index (χ3v) is 11.7. The van der Waals surface area contributed by atoms with Crippen LogP contribution in [0.5, 0.6) is 46.0 Å². The van der Waals surface area contributed by atoms with E-state index in [1.54, 1.807) is 50.6 Å². The third-order valence-electron chi connectivity index (χ3n) is 11.7. The molecule has 0 amide bonds. The number of ether oxygens (including phenoxy) is 14. The van der Waals surface area contributed by atoms with Crippen LogP contribution in [0.2, 0.25) is 0 Å². The van der Waals surface area contributed by atoms with E-state index in [1.165, 1.54) is 11.3 Å². The highest BCUT2D eigenvalue weighted by molar-refractivity contribution is 5.64. The molecule has 0 radical (unpaired) electrons. The van der Waals surface area contributed by atoms with Crippen LogP contribution in [0.15, 0.2) is 60.7 Å². The van der Waals surface area contributed by atoms with E-state index in [-0.39, 0.29) is 0 Å². The first-order chi connectivity index (χ1) is 34.1. The Bertz CT molecular complexity index is 2120. The summed E-state index contributed by atoms with van der Waals surface area (Å²) in [6.45, 7) is 18.8. The van der Waals surface area contributed by atoms with Gasteiger partial charge in [0.15, 0.2) is 46.0 Å². The highest BCUT2D eigenvalue weighted by Gasteiger charge is 2.35. The Labute approximate surface area is 413 Å². The number of methoxy groups -OCH3 is 2. The van der Waals surface area contributed by atoms with E-state index in [0.29, 0.717) is 159 Å². The molecule has 4 aliphatic rings. The van der Waals surface area contributed by atoms with Crippen molar-refractivity contribution in [3.05, 3.63) is 77.4 Å². The fraction of sp³-hybridized carbons (Fsp3) is 0.538. The van der Waals surface area contributed by atoms with E-state index in [2.05, 4.69) is 59.1 Å². The highest BCUT2D eigenvalue weighted by Crippen LogP contribution is 2.41. The molecule has 1 saturated heterocycles. The lowest BCUT2D eigenvalue weighted by Gasteiger charge is -2.49. The van der Waals surface area contributed by atoms with Gasteiger partial charge in [0, 0.05) is 68.6 Å². The molecule has 0 aromatic heterocycles. The summed E-state index contributed by atoms with van der Waals surface area (Å²) in [4.78, 5) is 4.99. The van der Waals surface area contributed by atoms with Gasteiger partial charge in [-0.3, -0.25) is 4.90 Å². The molecule has 4 N–H and O–H groups in total. The summed E-state index contributed by atoms with van der Waals surface area (Å²) in [5.41, 5.74) is 17.7. The zero-order valence-electron chi connectivity index (χ0n) is 41.8. The van der Waals surface area contributed by atoms with Crippen LogP contribution in [0.3, 0.4) is 0 Å². The first-order valence-electron chi connectivity index (χ1n) is 24.0. The van der Waals surface area contributed by atoms with Gasteiger partial charge >= 0.3 is 0 Å². The van der Waals surface area contributed by atoms with E-state index in [9.17, 15) is 0 Å². The predicted octanol–water partition coefficient (Wildman–Crippen LogP) is 6.53. The van der Waals surface area contributed by atoms with E-state index in [4.69, 9.17) is 68.3 Å². The first kappa shape index (κ1) is 53.7. The number of hydrogen-bond acceptors (Lipinski definition) is 18.